The van der Waals surface area contributed by atoms with E-state index >= 15 is 0 Å². The fraction of sp³-hybridized carbons (Fsp3) is 0.312. The van der Waals surface area contributed by atoms with Crippen LogP contribution < -0.4 is 10.1 Å². The molecule has 5 heteroatoms. The van der Waals surface area contributed by atoms with Crippen molar-refractivity contribution in [1.29, 1.82) is 0 Å². The van der Waals surface area contributed by atoms with Gasteiger partial charge >= 0.3 is 0 Å². The van der Waals surface area contributed by atoms with Gasteiger partial charge in [-0.1, -0.05) is 23.7 Å². The molecule has 0 bridgehead atoms. The predicted molar refractivity (Wildman–Crippen MR) is 83.6 cm³/mol. The van der Waals surface area contributed by atoms with Crippen molar-refractivity contribution >= 4 is 11.6 Å². The molecule has 21 heavy (non-hydrogen) atoms. The van der Waals surface area contributed by atoms with Gasteiger partial charge in [-0.3, -0.25) is 4.98 Å². The average molecular weight is 307 g/mol. The Morgan fingerprint density at radius 1 is 1.33 bits per heavy atom. The number of aryl methyl sites for hydroxylation is 1. The second kappa shape index (κ2) is 7.98. The van der Waals surface area contributed by atoms with Gasteiger partial charge < -0.3 is 15.2 Å². The van der Waals surface area contributed by atoms with Crippen LogP contribution in [0.5, 0.6) is 5.75 Å². The number of benzene rings is 1. The van der Waals surface area contributed by atoms with Gasteiger partial charge in [0.2, 0.25) is 0 Å². The van der Waals surface area contributed by atoms with Gasteiger partial charge in [0.05, 0.1) is 5.69 Å². The minimum Gasteiger partial charge on any atom is -0.491 e. The molecule has 2 rings (SSSR count). The molecule has 0 saturated carbocycles. The first kappa shape index (κ1) is 15.8. The summed E-state index contributed by atoms with van der Waals surface area (Å²) >= 11 is 5.86. The van der Waals surface area contributed by atoms with Crippen molar-refractivity contribution in [2.75, 3.05) is 13.2 Å². The smallest absolute Gasteiger partial charge is 0.120 e. The van der Waals surface area contributed by atoms with Gasteiger partial charge in [-0.2, -0.15) is 0 Å². The van der Waals surface area contributed by atoms with Crippen molar-refractivity contribution in [2.24, 2.45) is 0 Å². The van der Waals surface area contributed by atoms with Gasteiger partial charge in [0.25, 0.3) is 0 Å². The third-order valence-electron chi connectivity index (χ3n) is 3.03. The van der Waals surface area contributed by atoms with E-state index in [4.69, 9.17) is 16.3 Å². The molecule has 1 atom stereocenters. The van der Waals surface area contributed by atoms with Crippen molar-refractivity contribution in [1.82, 2.24) is 10.3 Å². The number of aromatic nitrogens is 1. The highest BCUT2D eigenvalue weighted by atomic mass is 35.5. The van der Waals surface area contributed by atoms with Gasteiger partial charge in [0, 0.05) is 24.3 Å². The molecule has 1 aromatic heterocycles. The third kappa shape index (κ3) is 5.34. The Labute approximate surface area is 129 Å². The van der Waals surface area contributed by atoms with Crippen LogP contribution in [-0.4, -0.2) is 29.3 Å². The van der Waals surface area contributed by atoms with E-state index in [0.717, 1.165) is 11.3 Å². The second-order valence-electron chi connectivity index (χ2n) is 4.82. The van der Waals surface area contributed by atoms with E-state index < -0.39 is 6.10 Å². The summed E-state index contributed by atoms with van der Waals surface area (Å²) in [6, 6.07) is 11.0. The van der Waals surface area contributed by atoms with E-state index in [9.17, 15) is 5.11 Å². The lowest BCUT2D eigenvalue weighted by Gasteiger charge is -2.13. The van der Waals surface area contributed by atoms with Crippen LogP contribution in [0.1, 0.15) is 11.3 Å². The van der Waals surface area contributed by atoms with Crippen LogP contribution >= 0.6 is 11.6 Å². The molecule has 0 fully saturated rings. The first-order valence-electron chi connectivity index (χ1n) is 6.83. The molecule has 0 amide bonds. The van der Waals surface area contributed by atoms with E-state index in [2.05, 4.69) is 10.3 Å². The lowest BCUT2D eigenvalue weighted by Crippen LogP contribution is -2.31. The van der Waals surface area contributed by atoms with Crippen molar-refractivity contribution in [2.45, 2.75) is 19.6 Å². The normalized spacial score (nSPS) is 12.1. The molecule has 0 aliphatic heterocycles. The SMILES string of the molecule is Cc1cccnc1CNCC(O)COc1cccc(Cl)c1. The Morgan fingerprint density at radius 3 is 2.95 bits per heavy atom. The number of aliphatic hydroxyl groups is 1. The van der Waals surface area contributed by atoms with Crippen molar-refractivity contribution in [3.8, 4) is 5.75 Å². The lowest BCUT2D eigenvalue weighted by molar-refractivity contribution is 0.106. The Bertz CT molecular complexity index is 578. The summed E-state index contributed by atoms with van der Waals surface area (Å²) < 4.78 is 5.49. The average Bonchev–Trinajstić information content (AvgIpc) is 2.47. The summed E-state index contributed by atoms with van der Waals surface area (Å²) in [5, 5.41) is 13.7. The molecule has 1 aromatic carbocycles. The third-order valence-corrected chi connectivity index (χ3v) is 3.26. The zero-order valence-corrected chi connectivity index (χ0v) is 12.7. The first-order chi connectivity index (χ1) is 10.1. The number of aliphatic hydroxyl groups excluding tert-OH is 1. The largest absolute Gasteiger partial charge is 0.491 e. The van der Waals surface area contributed by atoms with Crippen LogP contribution in [-0.2, 0) is 6.54 Å². The van der Waals surface area contributed by atoms with E-state index in [0.29, 0.717) is 23.9 Å². The Balaban J connectivity index is 1.70. The monoisotopic (exact) mass is 306 g/mol. The molecule has 0 radical (unpaired) electrons. The maximum absolute atomic E-state index is 9.89. The van der Waals surface area contributed by atoms with Crippen LogP contribution in [0.2, 0.25) is 5.02 Å². The molecule has 0 aliphatic rings. The Kier molecular flexibility index (Phi) is 5.99. The molecule has 2 aromatic rings. The second-order valence-corrected chi connectivity index (χ2v) is 5.26. The van der Waals surface area contributed by atoms with Crippen LogP contribution in [0.15, 0.2) is 42.6 Å². The van der Waals surface area contributed by atoms with E-state index in [1.807, 2.05) is 31.2 Å². The van der Waals surface area contributed by atoms with Crippen molar-refractivity contribution in [3.05, 3.63) is 58.9 Å². The zero-order valence-electron chi connectivity index (χ0n) is 11.9. The topological polar surface area (TPSA) is 54.4 Å². The molecule has 0 spiro atoms. The number of hydrogen-bond acceptors (Lipinski definition) is 4. The molecule has 0 aliphatic carbocycles. The van der Waals surface area contributed by atoms with Gasteiger partial charge in [-0.25, -0.2) is 0 Å². The molecule has 112 valence electrons. The molecule has 2 N–H and O–H groups in total. The molecule has 1 unspecified atom stereocenters. The summed E-state index contributed by atoms with van der Waals surface area (Å²) in [6.07, 6.45) is 1.18. The minimum absolute atomic E-state index is 0.217. The molecule has 0 saturated heterocycles. The van der Waals surface area contributed by atoms with E-state index in [1.165, 1.54) is 0 Å². The molecule has 4 nitrogen and oxygen atoms in total. The predicted octanol–water partition coefficient (Wildman–Crippen LogP) is 2.57. The lowest BCUT2D eigenvalue weighted by atomic mass is 10.2. The molecule has 1 heterocycles. The summed E-state index contributed by atoms with van der Waals surface area (Å²) in [7, 11) is 0. The summed E-state index contributed by atoms with van der Waals surface area (Å²) in [6.45, 7) is 3.30. The quantitative estimate of drug-likeness (QED) is 0.825. The van der Waals surface area contributed by atoms with Crippen LogP contribution in [0.3, 0.4) is 0 Å². The number of halogens is 1. The zero-order chi connectivity index (χ0) is 15.1. The number of ether oxygens (including phenoxy) is 1. The maximum Gasteiger partial charge on any atom is 0.120 e. The van der Waals surface area contributed by atoms with Crippen molar-refractivity contribution < 1.29 is 9.84 Å². The van der Waals surface area contributed by atoms with E-state index in [-0.39, 0.29) is 6.61 Å². The first-order valence-corrected chi connectivity index (χ1v) is 7.20. The van der Waals surface area contributed by atoms with E-state index in [1.54, 1.807) is 18.3 Å². The number of hydrogen-bond donors (Lipinski definition) is 2. The Morgan fingerprint density at radius 2 is 2.19 bits per heavy atom. The summed E-state index contributed by atoms with van der Waals surface area (Å²) in [5.74, 6) is 0.655. The van der Waals surface area contributed by atoms with Gasteiger partial charge in [0.15, 0.2) is 0 Å². The fourth-order valence-corrected chi connectivity index (χ4v) is 2.05. The van der Waals surface area contributed by atoms with Gasteiger partial charge in [-0.15, -0.1) is 0 Å². The number of rotatable bonds is 7. The highest BCUT2D eigenvalue weighted by molar-refractivity contribution is 6.30. The summed E-state index contributed by atoms with van der Waals surface area (Å²) in [4.78, 5) is 4.29. The molecular weight excluding hydrogens is 288 g/mol. The maximum atomic E-state index is 9.89. The highest BCUT2D eigenvalue weighted by Gasteiger charge is 2.06. The highest BCUT2D eigenvalue weighted by Crippen LogP contribution is 2.17. The minimum atomic E-state index is -0.590. The molecular formula is C16H19ClN2O2. The van der Waals surface area contributed by atoms with Crippen LogP contribution in [0, 0.1) is 6.92 Å². The van der Waals surface area contributed by atoms with Gasteiger partial charge in [-0.05, 0) is 36.8 Å². The van der Waals surface area contributed by atoms with Crippen LogP contribution in [0.4, 0.5) is 0 Å². The standard InChI is InChI=1S/C16H19ClN2O2/c1-12-4-3-7-19-16(12)10-18-9-14(20)11-21-15-6-2-5-13(17)8-15/h2-8,14,18,20H,9-11H2,1H3. The van der Waals surface area contributed by atoms with Crippen LogP contribution in [0.25, 0.3) is 0 Å². The number of pyridine rings is 1. The number of nitrogens with one attached hydrogen (secondary N) is 1. The van der Waals surface area contributed by atoms with Gasteiger partial charge in [0.1, 0.15) is 18.5 Å². The Hall–Kier alpha value is -1.62. The fourth-order valence-electron chi connectivity index (χ4n) is 1.87. The number of nitrogens with zero attached hydrogens (tertiary/aromatic N) is 1. The van der Waals surface area contributed by atoms with Crippen molar-refractivity contribution in [3.63, 3.8) is 0 Å². The summed E-state index contributed by atoms with van der Waals surface area (Å²) in [5.41, 5.74) is 2.12.